The second kappa shape index (κ2) is 12.4. The lowest BCUT2D eigenvalue weighted by Crippen LogP contribution is -2.71. The van der Waals surface area contributed by atoms with Gasteiger partial charge in [0.2, 0.25) is 0 Å². The summed E-state index contributed by atoms with van der Waals surface area (Å²) < 4.78 is 6.06. The molecule has 1 unspecified atom stereocenters. The van der Waals surface area contributed by atoms with Gasteiger partial charge in [0.15, 0.2) is 16.9 Å². The SMILES string of the molecule is C=CC1=C(C(=O)OC(c2ccccc2)c2ccccc2)N2C(=O)C(NC(=O)C(=NOCC)c3csc(N)n3)[C@@H]2SC1. The predicted octanol–water partition coefficient (Wildman–Crippen LogP) is 3.64. The Bertz CT molecular complexity index is 1480. The maximum atomic E-state index is 13.7. The molecule has 10 nitrogen and oxygen atoms in total. The lowest BCUT2D eigenvalue weighted by atomic mass is 10.0. The molecule has 12 heteroatoms. The van der Waals surface area contributed by atoms with Crippen LogP contribution in [0.1, 0.15) is 29.8 Å². The van der Waals surface area contributed by atoms with Crippen LogP contribution in [-0.2, 0) is 24.0 Å². The number of anilines is 1. The van der Waals surface area contributed by atoms with Gasteiger partial charge >= 0.3 is 5.97 Å². The van der Waals surface area contributed by atoms with Crippen molar-refractivity contribution in [3.8, 4) is 0 Å². The van der Waals surface area contributed by atoms with Gasteiger partial charge in [0.25, 0.3) is 11.8 Å². The van der Waals surface area contributed by atoms with Crippen LogP contribution in [0.4, 0.5) is 5.13 Å². The van der Waals surface area contributed by atoms with Crippen molar-refractivity contribution in [1.29, 1.82) is 0 Å². The Kier molecular flexibility index (Phi) is 8.50. The summed E-state index contributed by atoms with van der Waals surface area (Å²) in [5, 5.41) is 7.94. The van der Waals surface area contributed by atoms with Gasteiger partial charge in [-0.1, -0.05) is 78.5 Å². The maximum Gasteiger partial charge on any atom is 0.356 e. The Labute approximate surface area is 244 Å². The molecule has 1 fully saturated rings. The van der Waals surface area contributed by atoms with E-state index in [0.717, 1.165) is 22.5 Å². The Balaban J connectivity index is 1.37. The molecule has 0 saturated carbocycles. The first-order chi connectivity index (χ1) is 19.9. The van der Waals surface area contributed by atoms with Crippen LogP contribution in [0.25, 0.3) is 0 Å². The summed E-state index contributed by atoms with van der Waals surface area (Å²) in [6.45, 7) is 5.80. The number of amides is 2. The number of hydrogen-bond donors (Lipinski definition) is 2. The highest BCUT2D eigenvalue weighted by atomic mass is 32.2. The molecule has 0 bridgehead atoms. The number of ether oxygens (including phenoxy) is 1. The van der Waals surface area contributed by atoms with Crippen molar-refractivity contribution in [1.82, 2.24) is 15.2 Å². The van der Waals surface area contributed by atoms with E-state index in [2.05, 4.69) is 22.0 Å². The van der Waals surface area contributed by atoms with Gasteiger partial charge in [0.05, 0.1) is 0 Å². The number of aromatic nitrogens is 1. The number of oxime groups is 1. The zero-order valence-corrected chi connectivity index (χ0v) is 23.7. The van der Waals surface area contributed by atoms with Gasteiger partial charge in [-0.15, -0.1) is 23.1 Å². The first kappa shape index (κ1) is 28.1. The normalized spacial score (nSPS) is 18.4. The molecule has 210 valence electrons. The number of hydrogen-bond acceptors (Lipinski definition) is 10. The van der Waals surface area contributed by atoms with Crippen LogP contribution in [0, 0.1) is 0 Å². The van der Waals surface area contributed by atoms with Gasteiger partial charge in [0, 0.05) is 11.1 Å². The molecule has 5 rings (SSSR count). The van der Waals surface area contributed by atoms with Crippen LogP contribution >= 0.6 is 23.1 Å². The topological polar surface area (TPSA) is 136 Å². The quantitative estimate of drug-likeness (QED) is 0.158. The van der Waals surface area contributed by atoms with E-state index in [0.29, 0.717) is 11.3 Å². The van der Waals surface area contributed by atoms with Crippen molar-refractivity contribution in [2.45, 2.75) is 24.4 Å². The highest BCUT2D eigenvalue weighted by Gasteiger charge is 2.54. The first-order valence-corrected chi connectivity index (χ1v) is 14.7. The summed E-state index contributed by atoms with van der Waals surface area (Å²) in [6, 6.07) is 17.9. The van der Waals surface area contributed by atoms with Gasteiger partial charge in [-0.05, 0) is 23.6 Å². The number of carbonyl (C=O) groups excluding carboxylic acids is 3. The average Bonchev–Trinajstić information content (AvgIpc) is 3.44. The monoisotopic (exact) mass is 589 g/mol. The van der Waals surface area contributed by atoms with E-state index in [1.54, 1.807) is 18.4 Å². The number of benzene rings is 2. The predicted molar refractivity (Wildman–Crippen MR) is 158 cm³/mol. The molecule has 2 aliphatic heterocycles. The number of nitrogens with two attached hydrogens (primary N) is 1. The minimum absolute atomic E-state index is 0.0950. The lowest BCUT2D eigenvalue weighted by Gasteiger charge is -2.49. The van der Waals surface area contributed by atoms with Crippen molar-refractivity contribution in [3.05, 3.63) is 107 Å². The van der Waals surface area contributed by atoms with E-state index < -0.39 is 35.3 Å². The molecule has 1 saturated heterocycles. The Hall–Kier alpha value is -4.42. The van der Waals surface area contributed by atoms with Gasteiger partial charge < -0.3 is 20.6 Å². The van der Waals surface area contributed by atoms with Gasteiger partial charge in [-0.2, -0.15) is 0 Å². The van der Waals surface area contributed by atoms with E-state index in [1.165, 1.54) is 16.7 Å². The Morgan fingerprint density at radius 1 is 1.20 bits per heavy atom. The number of nitrogens with one attached hydrogen (secondary N) is 1. The van der Waals surface area contributed by atoms with Crippen LogP contribution in [0.5, 0.6) is 0 Å². The van der Waals surface area contributed by atoms with Gasteiger partial charge in [-0.25, -0.2) is 9.78 Å². The molecule has 41 heavy (non-hydrogen) atoms. The molecule has 3 N–H and O–H groups in total. The number of β-lactam (4-membered cyclic amide) rings is 1. The molecule has 2 aromatic carbocycles. The molecule has 1 aromatic heterocycles. The van der Waals surface area contributed by atoms with E-state index in [-0.39, 0.29) is 28.8 Å². The van der Waals surface area contributed by atoms with Crippen molar-refractivity contribution < 1.29 is 24.0 Å². The third-order valence-electron chi connectivity index (χ3n) is 6.42. The number of nitrogen functional groups attached to an aromatic ring is 1. The van der Waals surface area contributed by atoms with E-state index in [4.69, 9.17) is 15.3 Å². The fraction of sp³-hybridized carbons (Fsp3) is 0.207. The van der Waals surface area contributed by atoms with Crippen LogP contribution in [0.15, 0.2) is 95.1 Å². The molecule has 2 aliphatic rings. The fourth-order valence-corrected chi connectivity index (χ4v) is 6.36. The molecular weight excluding hydrogens is 562 g/mol. The van der Waals surface area contributed by atoms with Gasteiger partial charge in [0.1, 0.15) is 29.4 Å². The third-order valence-corrected chi connectivity index (χ3v) is 8.39. The molecule has 0 radical (unpaired) electrons. The van der Waals surface area contributed by atoms with Crippen molar-refractivity contribution >= 4 is 51.7 Å². The van der Waals surface area contributed by atoms with Crippen molar-refractivity contribution in [2.24, 2.45) is 5.16 Å². The van der Waals surface area contributed by atoms with Crippen LogP contribution in [-0.4, -0.2) is 57.2 Å². The zero-order chi connectivity index (χ0) is 28.9. The Morgan fingerprint density at radius 3 is 2.41 bits per heavy atom. The highest BCUT2D eigenvalue weighted by molar-refractivity contribution is 8.00. The number of allylic oxidation sites excluding steroid dienone is 1. The van der Waals surface area contributed by atoms with Crippen LogP contribution < -0.4 is 11.1 Å². The van der Waals surface area contributed by atoms with Crippen molar-refractivity contribution in [3.63, 3.8) is 0 Å². The minimum Gasteiger partial charge on any atom is -0.448 e. The minimum atomic E-state index is -0.900. The fourth-order valence-electron chi connectivity index (χ4n) is 4.48. The molecular formula is C29H27N5O5S2. The molecule has 2 amide bonds. The van der Waals surface area contributed by atoms with E-state index in [9.17, 15) is 14.4 Å². The standard InChI is InChI=1S/C29H27N5O5S2/c1-3-17-15-40-27-22(32-25(35)21(33-38-4-2)20-16-41-29(30)31-20)26(36)34(27)23(17)28(37)39-24(18-11-7-5-8-12-18)19-13-9-6-10-14-19/h3,5-14,16,22,24,27H,1,4,15H2,2H3,(H2,30,31)(H,32,35)/t22?,27-/m0/s1. The summed E-state index contributed by atoms with van der Waals surface area (Å²) in [4.78, 5) is 50.9. The summed E-state index contributed by atoms with van der Waals surface area (Å²) >= 11 is 2.56. The summed E-state index contributed by atoms with van der Waals surface area (Å²) in [5.41, 5.74) is 8.15. The maximum absolute atomic E-state index is 13.7. The van der Waals surface area contributed by atoms with Crippen LogP contribution in [0.3, 0.4) is 0 Å². The second-order valence-corrected chi connectivity index (χ2v) is 11.0. The number of thioether (sulfide) groups is 1. The largest absolute Gasteiger partial charge is 0.448 e. The second-order valence-electron chi connectivity index (χ2n) is 8.97. The summed E-state index contributed by atoms with van der Waals surface area (Å²) in [6.07, 6.45) is 0.865. The number of carbonyl (C=O) groups is 3. The number of rotatable bonds is 10. The number of nitrogens with zero attached hydrogens (tertiary/aromatic N) is 3. The van der Waals surface area contributed by atoms with E-state index >= 15 is 0 Å². The molecule has 3 heterocycles. The average molecular weight is 590 g/mol. The Morgan fingerprint density at radius 2 is 1.85 bits per heavy atom. The number of fused-ring (bicyclic) bond motifs is 1. The molecule has 0 spiro atoms. The lowest BCUT2D eigenvalue weighted by molar-refractivity contribution is -0.154. The third kappa shape index (κ3) is 5.74. The zero-order valence-electron chi connectivity index (χ0n) is 22.1. The summed E-state index contributed by atoms with van der Waals surface area (Å²) in [5.74, 6) is -1.35. The van der Waals surface area contributed by atoms with E-state index in [1.807, 2.05) is 60.7 Å². The smallest absolute Gasteiger partial charge is 0.356 e. The summed E-state index contributed by atoms with van der Waals surface area (Å²) in [7, 11) is 0. The highest BCUT2D eigenvalue weighted by Crippen LogP contribution is 2.42. The van der Waals surface area contributed by atoms with Crippen molar-refractivity contribution in [2.75, 3.05) is 18.1 Å². The first-order valence-electron chi connectivity index (χ1n) is 12.8. The molecule has 3 aromatic rings. The van der Waals surface area contributed by atoms with Crippen LogP contribution in [0.2, 0.25) is 0 Å². The molecule has 0 aliphatic carbocycles. The number of esters is 1. The van der Waals surface area contributed by atoms with Gasteiger partial charge in [-0.3, -0.25) is 14.5 Å². The number of thiazole rings is 1. The molecule has 2 atom stereocenters.